The number of carbonyl (C=O) groups is 1. The number of hydrogen-bond donors (Lipinski definition) is 3. The molecule has 1 aliphatic carbocycles. The summed E-state index contributed by atoms with van der Waals surface area (Å²) < 4.78 is 1.97. The van der Waals surface area contributed by atoms with Gasteiger partial charge in [0, 0.05) is 17.6 Å². The van der Waals surface area contributed by atoms with E-state index in [0.29, 0.717) is 21.9 Å². The maximum Gasteiger partial charge on any atom is 0.323 e. The summed E-state index contributed by atoms with van der Waals surface area (Å²) in [7, 11) is 1.95. The van der Waals surface area contributed by atoms with Crippen molar-refractivity contribution < 1.29 is 4.79 Å². The highest BCUT2D eigenvalue weighted by Gasteiger charge is 2.24. The molecule has 172 valence electrons. The van der Waals surface area contributed by atoms with Crippen LogP contribution in [0.25, 0.3) is 21.7 Å². The summed E-state index contributed by atoms with van der Waals surface area (Å²) in [5, 5.41) is 12.0. The lowest BCUT2D eigenvalue weighted by Gasteiger charge is -2.19. The fraction of sp³-hybridized carbons (Fsp3) is 0.391. The third-order valence-electron chi connectivity index (χ3n) is 6.25. The fourth-order valence-electron chi connectivity index (χ4n) is 4.26. The first-order chi connectivity index (χ1) is 15.9. The molecule has 0 saturated carbocycles. The number of hydrogen-bond acceptors (Lipinski definition) is 6. The number of aromatic amines is 2. The summed E-state index contributed by atoms with van der Waals surface area (Å²) in [6.07, 6.45) is 4.80. The molecule has 3 aromatic heterocycles. The zero-order valence-electron chi connectivity index (χ0n) is 18.8. The molecule has 0 spiro atoms. The largest absolute Gasteiger partial charge is 0.325 e. The van der Waals surface area contributed by atoms with Crippen LogP contribution in [0.2, 0.25) is 0 Å². The Labute approximate surface area is 199 Å². The molecule has 10 heteroatoms. The predicted molar refractivity (Wildman–Crippen MR) is 133 cm³/mol. The van der Waals surface area contributed by atoms with E-state index in [1.165, 1.54) is 35.0 Å². The molecule has 1 aliphatic rings. The zero-order valence-corrected chi connectivity index (χ0v) is 20.4. The van der Waals surface area contributed by atoms with Gasteiger partial charge in [0.25, 0.3) is 0 Å². The highest BCUT2D eigenvalue weighted by molar-refractivity contribution is 8.00. The Morgan fingerprint density at radius 3 is 2.94 bits per heavy atom. The minimum atomic E-state index is -0.372. The maximum absolute atomic E-state index is 12.8. The molecular formula is C23H26N6O2S2. The van der Waals surface area contributed by atoms with Crippen LogP contribution >= 0.6 is 23.1 Å². The average Bonchev–Trinajstić information content (AvgIpc) is 3.48. The van der Waals surface area contributed by atoms with Crippen LogP contribution in [0.1, 0.15) is 37.1 Å². The van der Waals surface area contributed by atoms with E-state index in [1.54, 1.807) is 18.2 Å². The summed E-state index contributed by atoms with van der Waals surface area (Å²) >= 11 is 3.20. The van der Waals surface area contributed by atoms with Gasteiger partial charge in [0.2, 0.25) is 5.91 Å². The van der Waals surface area contributed by atoms with Gasteiger partial charge in [-0.25, -0.2) is 4.79 Å². The first-order valence-corrected chi connectivity index (χ1v) is 12.8. The van der Waals surface area contributed by atoms with E-state index in [4.69, 9.17) is 0 Å². The molecule has 3 N–H and O–H groups in total. The van der Waals surface area contributed by atoms with Gasteiger partial charge in [-0.3, -0.25) is 4.79 Å². The first-order valence-electron chi connectivity index (χ1n) is 11.1. The van der Waals surface area contributed by atoms with Gasteiger partial charge in [-0.2, -0.15) is 0 Å². The number of aryl methyl sites for hydroxylation is 1. The van der Waals surface area contributed by atoms with Crippen molar-refractivity contribution in [3.05, 3.63) is 45.2 Å². The fourth-order valence-corrected chi connectivity index (χ4v) is 6.30. The standard InChI is InChI=1S/C23H26N6O2S2/c1-4-13-5-8-18-14(9-13)10-19(33-18)20-27-28-23(29(20)3)32-12(2)21(30)24-15-6-7-16-17(11-15)26-22(31)25-16/h6-7,10-13H,4-5,8-9H2,1-3H3,(H,24,30)(H2,25,26,31)/t12-,13+/m0/s1. The lowest BCUT2D eigenvalue weighted by atomic mass is 9.87. The van der Waals surface area contributed by atoms with E-state index in [-0.39, 0.29) is 16.8 Å². The Balaban J connectivity index is 1.28. The lowest BCUT2D eigenvalue weighted by molar-refractivity contribution is -0.115. The molecule has 0 bridgehead atoms. The maximum atomic E-state index is 12.8. The van der Waals surface area contributed by atoms with Crippen LogP contribution < -0.4 is 11.0 Å². The van der Waals surface area contributed by atoms with Gasteiger partial charge in [0.05, 0.1) is 21.2 Å². The zero-order chi connectivity index (χ0) is 23.1. The van der Waals surface area contributed by atoms with Crippen LogP contribution in [0.15, 0.2) is 34.2 Å². The Hall–Kier alpha value is -2.85. The summed E-state index contributed by atoms with van der Waals surface area (Å²) in [5.41, 5.74) is 3.17. The molecule has 0 unspecified atom stereocenters. The van der Waals surface area contributed by atoms with E-state index in [9.17, 15) is 9.59 Å². The Morgan fingerprint density at radius 2 is 2.12 bits per heavy atom. The number of aromatic nitrogens is 5. The van der Waals surface area contributed by atoms with Gasteiger partial charge >= 0.3 is 5.69 Å². The predicted octanol–water partition coefficient (Wildman–Crippen LogP) is 4.35. The molecule has 3 heterocycles. The van der Waals surface area contributed by atoms with Crippen molar-refractivity contribution in [1.29, 1.82) is 0 Å². The smallest absolute Gasteiger partial charge is 0.323 e. The number of H-pyrrole nitrogens is 2. The molecular weight excluding hydrogens is 456 g/mol. The SMILES string of the molecule is CC[C@@H]1CCc2sc(-c3nnc(S[C@@H](C)C(=O)Nc4ccc5[nH]c(=O)[nH]c5c4)n3C)cc2C1. The van der Waals surface area contributed by atoms with Gasteiger partial charge in [0.1, 0.15) is 0 Å². The highest BCUT2D eigenvalue weighted by Crippen LogP contribution is 2.38. The number of nitrogens with zero attached hydrogens (tertiary/aromatic N) is 3. The number of nitrogens with one attached hydrogen (secondary N) is 3. The molecule has 2 atom stereocenters. The van der Waals surface area contributed by atoms with Gasteiger partial charge in [-0.15, -0.1) is 21.5 Å². The minimum Gasteiger partial charge on any atom is -0.325 e. The number of amides is 1. The van der Waals surface area contributed by atoms with Crippen LogP contribution in [-0.2, 0) is 24.7 Å². The molecule has 33 heavy (non-hydrogen) atoms. The van der Waals surface area contributed by atoms with Crippen molar-refractivity contribution in [2.75, 3.05) is 5.32 Å². The number of thiophene rings is 1. The van der Waals surface area contributed by atoms with E-state index < -0.39 is 0 Å². The number of fused-ring (bicyclic) bond motifs is 2. The molecule has 0 radical (unpaired) electrons. The Bertz CT molecular complexity index is 1380. The van der Waals surface area contributed by atoms with Crippen LogP contribution in [0.4, 0.5) is 5.69 Å². The molecule has 5 rings (SSSR count). The van der Waals surface area contributed by atoms with Crippen molar-refractivity contribution in [2.24, 2.45) is 13.0 Å². The molecule has 1 aromatic carbocycles. The summed E-state index contributed by atoms with van der Waals surface area (Å²) in [5.74, 6) is 1.49. The van der Waals surface area contributed by atoms with Crippen molar-refractivity contribution in [3.8, 4) is 10.7 Å². The number of benzene rings is 1. The van der Waals surface area contributed by atoms with Gasteiger partial charge in [0.15, 0.2) is 11.0 Å². The third-order valence-corrected chi connectivity index (χ3v) is 8.62. The third kappa shape index (κ3) is 4.37. The number of carbonyl (C=O) groups excluding carboxylic acids is 1. The van der Waals surface area contributed by atoms with Crippen molar-refractivity contribution >= 4 is 45.7 Å². The Morgan fingerprint density at radius 1 is 1.30 bits per heavy atom. The number of thioether (sulfide) groups is 1. The number of anilines is 1. The quantitative estimate of drug-likeness (QED) is 0.354. The second-order valence-electron chi connectivity index (χ2n) is 8.53. The Kier molecular flexibility index (Phi) is 5.88. The van der Waals surface area contributed by atoms with Crippen LogP contribution in [0, 0.1) is 5.92 Å². The first kappa shape index (κ1) is 22.0. The van der Waals surface area contributed by atoms with Crippen molar-refractivity contribution in [3.63, 3.8) is 0 Å². The lowest BCUT2D eigenvalue weighted by Crippen LogP contribution is -2.22. The second-order valence-corrected chi connectivity index (χ2v) is 11.0. The van der Waals surface area contributed by atoms with Crippen LogP contribution in [0.5, 0.6) is 0 Å². The minimum absolute atomic E-state index is 0.140. The monoisotopic (exact) mass is 482 g/mol. The molecule has 0 saturated heterocycles. The number of rotatable bonds is 6. The molecule has 0 fully saturated rings. The van der Waals surface area contributed by atoms with Gasteiger partial charge in [-0.1, -0.05) is 25.1 Å². The van der Waals surface area contributed by atoms with E-state index in [2.05, 4.69) is 38.5 Å². The molecule has 4 aromatic rings. The summed E-state index contributed by atoms with van der Waals surface area (Å²) in [6.45, 7) is 4.12. The van der Waals surface area contributed by atoms with E-state index >= 15 is 0 Å². The van der Waals surface area contributed by atoms with Crippen molar-refractivity contribution in [2.45, 2.75) is 49.9 Å². The van der Waals surface area contributed by atoms with Gasteiger partial charge < -0.3 is 19.9 Å². The van der Waals surface area contributed by atoms with Crippen LogP contribution in [0.3, 0.4) is 0 Å². The summed E-state index contributed by atoms with van der Waals surface area (Å²) in [4.78, 5) is 32.2. The van der Waals surface area contributed by atoms with Crippen molar-refractivity contribution in [1.82, 2.24) is 24.7 Å². The van der Waals surface area contributed by atoms with E-state index in [1.807, 2.05) is 29.9 Å². The normalized spacial score (nSPS) is 16.6. The number of imidazole rings is 1. The highest BCUT2D eigenvalue weighted by atomic mass is 32.2. The van der Waals surface area contributed by atoms with Gasteiger partial charge in [-0.05, 0) is 61.9 Å². The second kappa shape index (κ2) is 8.83. The summed E-state index contributed by atoms with van der Waals surface area (Å²) in [6, 6.07) is 7.55. The molecule has 0 aliphatic heterocycles. The average molecular weight is 483 g/mol. The van der Waals surface area contributed by atoms with E-state index in [0.717, 1.165) is 29.5 Å². The molecule has 1 amide bonds. The topological polar surface area (TPSA) is 108 Å². The molecule has 8 nitrogen and oxygen atoms in total. The van der Waals surface area contributed by atoms with Crippen LogP contribution in [-0.4, -0.2) is 35.9 Å².